The number of hydrazine groups is 1. The Balaban J connectivity index is 2.18. The van der Waals surface area contributed by atoms with Gasteiger partial charge >= 0.3 is 0 Å². The lowest BCUT2D eigenvalue weighted by Crippen LogP contribution is -2.30. The summed E-state index contributed by atoms with van der Waals surface area (Å²) in [5.41, 5.74) is 4.09. The zero-order chi connectivity index (χ0) is 12.3. The van der Waals surface area contributed by atoms with Crippen molar-refractivity contribution in [1.82, 2.24) is 15.2 Å². The Kier molecular flexibility index (Phi) is 3.51. The van der Waals surface area contributed by atoms with E-state index >= 15 is 0 Å². The van der Waals surface area contributed by atoms with E-state index < -0.39 is 0 Å². The molecule has 0 amide bonds. The van der Waals surface area contributed by atoms with Gasteiger partial charge in [0, 0.05) is 13.2 Å². The zero-order valence-electron chi connectivity index (χ0n) is 9.60. The van der Waals surface area contributed by atoms with Gasteiger partial charge in [-0.25, -0.2) is 4.39 Å². The molecule has 1 aromatic carbocycles. The first-order chi connectivity index (χ1) is 8.20. The van der Waals surface area contributed by atoms with Gasteiger partial charge in [0.2, 0.25) is 0 Å². The van der Waals surface area contributed by atoms with Gasteiger partial charge in [0.05, 0.1) is 11.7 Å². The van der Waals surface area contributed by atoms with E-state index in [9.17, 15) is 4.39 Å². The molecule has 0 aliphatic heterocycles. The molecule has 5 heteroatoms. The van der Waals surface area contributed by atoms with Crippen LogP contribution in [0.1, 0.15) is 17.3 Å². The van der Waals surface area contributed by atoms with E-state index in [1.807, 2.05) is 25.4 Å². The molecule has 17 heavy (non-hydrogen) atoms. The molecule has 3 N–H and O–H groups in total. The summed E-state index contributed by atoms with van der Waals surface area (Å²) < 4.78 is 15.2. The lowest BCUT2D eigenvalue weighted by Gasteiger charge is -2.13. The number of aryl methyl sites for hydroxylation is 1. The number of nitrogens with zero attached hydrogens (tertiary/aromatic N) is 2. The van der Waals surface area contributed by atoms with E-state index in [-0.39, 0.29) is 11.9 Å². The van der Waals surface area contributed by atoms with Gasteiger partial charge in [-0.1, -0.05) is 18.2 Å². The molecular formula is C12H15FN4. The van der Waals surface area contributed by atoms with Crippen LogP contribution < -0.4 is 11.3 Å². The molecule has 2 rings (SSSR count). The number of rotatable bonds is 4. The highest BCUT2D eigenvalue weighted by molar-refractivity contribution is 5.20. The van der Waals surface area contributed by atoms with Gasteiger partial charge in [0.15, 0.2) is 0 Å². The van der Waals surface area contributed by atoms with Gasteiger partial charge in [0.1, 0.15) is 5.82 Å². The van der Waals surface area contributed by atoms with Crippen LogP contribution in [0.5, 0.6) is 0 Å². The van der Waals surface area contributed by atoms with Crippen molar-refractivity contribution in [3.05, 3.63) is 53.6 Å². The van der Waals surface area contributed by atoms with Crippen molar-refractivity contribution in [2.45, 2.75) is 12.5 Å². The van der Waals surface area contributed by atoms with E-state index in [4.69, 9.17) is 5.84 Å². The average Bonchev–Trinajstić information content (AvgIpc) is 2.75. The summed E-state index contributed by atoms with van der Waals surface area (Å²) in [6.07, 6.45) is 2.31. The standard InChI is InChI=1S/C12H15FN4/c1-17-7-6-11(16-17)12(15-14)8-9-4-2-3-5-10(9)13/h2-7,12,15H,8,14H2,1H3. The van der Waals surface area contributed by atoms with E-state index in [0.717, 1.165) is 5.69 Å². The molecule has 90 valence electrons. The fourth-order valence-electron chi connectivity index (χ4n) is 1.75. The summed E-state index contributed by atoms with van der Waals surface area (Å²) in [6.45, 7) is 0. The Morgan fingerprint density at radius 3 is 2.76 bits per heavy atom. The second kappa shape index (κ2) is 5.07. The molecule has 0 aliphatic rings. The second-order valence-corrected chi connectivity index (χ2v) is 3.93. The van der Waals surface area contributed by atoms with E-state index in [1.54, 1.807) is 16.8 Å². The molecule has 0 saturated carbocycles. The molecule has 1 aromatic heterocycles. The second-order valence-electron chi connectivity index (χ2n) is 3.93. The first-order valence-electron chi connectivity index (χ1n) is 5.40. The van der Waals surface area contributed by atoms with Crippen LogP contribution >= 0.6 is 0 Å². The fraction of sp³-hybridized carbons (Fsp3) is 0.250. The topological polar surface area (TPSA) is 55.9 Å². The Bertz CT molecular complexity index is 495. The molecule has 0 bridgehead atoms. The molecule has 2 aromatic rings. The van der Waals surface area contributed by atoms with Crippen LogP contribution in [-0.2, 0) is 13.5 Å². The predicted octanol–water partition coefficient (Wildman–Crippen LogP) is 1.31. The summed E-state index contributed by atoms with van der Waals surface area (Å²) in [7, 11) is 1.83. The van der Waals surface area contributed by atoms with Gasteiger partial charge in [-0.2, -0.15) is 5.10 Å². The highest BCUT2D eigenvalue weighted by Crippen LogP contribution is 2.17. The van der Waals surface area contributed by atoms with Crippen LogP contribution in [0, 0.1) is 5.82 Å². The SMILES string of the molecule is Cn1ccc(C(Cc2ccccc2F)NN)n1. The Morgan fingerprint density at radius 2 is 2.18 bits per heavy atom. The van der Waals surface area contributed by atoms with Crippen molar-refractivity contribution >= 4 is 0 Å². The van der Waals surface area contributed by atoms with Crippen molar-refractivity contribution in [1.29, 1.82) is 0 Å². The minimum absolute atomic E-state index is 0.187. The van der Waals surface area contributed by atoms with Crippen molar-refractivity contribution < 1.29 is 4.39 Å². The van der Waals surface area contributed by atoms with Crippen LogP contribution in [0.15, 0.2) is 36.5 Å². The smallest absolute Gasteiger partial charge is 0.126 e. The molecule has 1 atom stereocenters. The third kappa shape index (κ3) is 2.69. The molecule has 0 radical (unpaired) electrons. The summed E-state index contributed by atoms with van der Waals surface area (Å²) in [6, 6.07) is 8.36. The van der Waals surface area contributed by atoms with Gasteiger partial charge in [0.25, 0.3) is 0 Å². The minimum Gasteiger partial charge on any atom is -0.275 e. The Hall–Kier alpha value is -1.72. The van der Waals surface area contributed by atoms with Crippen molar-refractivity contribution in [2.75, 3.05) is 0 Å². The third-order valence-corrected chi connectivity index (χ3v) is 2.67. The predicted molar refractivity (Wildman–Crippen MR) is 63.4 cm³/mol. The van der Waals surface area contributed by atoms with Crippen LogP contribution in [0.2, 0.25) is 0 Å². The highest BCUT2D eigenvalue weighted by Gasteiger charge is 2.15. The summed E-state index contributed by atoms with van der Waals surface area (Å²) in [5, 5.41) is 4.26. The van der Waals surface area contributed by atoms with E-state index in [1.165, 1.54) is 6.07 Å². The maximum atomic E-state index is 13.5. The quantitative estimate of drug-likeness (QED) is 0.619. The van der Waals surface area contributed by atoms with Crippen LogP contribution in [0.4, 0.5) is 4.39 Å². The molecule has 0 saturated heterocycles. The van der Waals surface area contributed by atoms with Gasteiger partial charge < -0.3 is 0 Å². The van der Waals surface area contributed by atoms with Crippen molar-refractivity contribution in [3.63, 3.8) is 0 Å². The summed E-state index contributed by atoms with van der Waals surface area (Å²) >= 11 is 0. The van der Waals surface area contributed by atoms with E-state index in [2.05, 4.69) is 10.5 Å². The van der Waals surface area contributed by atoms with Crippen molar-refractivity contribution in [3.8, 4) is 0 Å². The third-order valence-electron chi connectivity index (χ3n) is 2.67. The average molecular weight is 234 g/mol. The van der Waals surface area contributed by atoms with Crippen LogP contribution in [-0.4, -0.2) is 9.78 Å². The first-order valence-corrected chi connectivity index (χ1v) is 5.40. The molecule has 1 unspecified atom stereocenters. The van der Waals surface area contributed by atoms with Crippen LogP contribution in [0.3, 0.4) is 0 Å². The number of hydrogen-bond acceptors (Lipinski definition) is 3. The number of nitrogens with one attached hydrogen (secondary N) is 1. The summed E-state index contributed by atoms with van der Waals surface area (Å²) in [4.78, 5) is 0. The van der Waals surface area contributed by atoms with Gasteiger partial charge in [-0.3, -0.25) is 16.0 Å². The monoisotopic (exact) mass is 234 g/mol. The molecule has 0 spiro atoms. The largest absolute Gasteiger partial charge is 0.275 e. The van der Waals surface area contributed by atoms with Gasteiger partial charge in [-0.15, -0.1) is 0 Å². The zero-order valence-corrected chi connectivity index (χ0v) is 9.60. The number of benzene rings is 1. The normalized spacial score (nSPS) is 12.6. The van der Waals surface area contributed by atoms with Gasteiger partial charge in [-0.05, 0) is 24.1 Å². The number of halogens is 1. The molecule has 0 fully saturated rings. The molecule has 1 heterocycles. The number of aromatic nitrogens is 2. The van der Waals surface area contributed by atoms with Crippen LogP contribution in [0.25, 0.3) is 0 Å². The lowest BCUT2D eigenvalue weighted by atomic mass is 10.0. The van der Waals surface area contributed by atoms with Crippen molar-refractivity contribution in [2.24, 2.45) is 12.9 Å². The highest BCUT2D eigenvalue weighted by atomic mass is 19.1. The molecule has 4 nitrogen and oxygen atoms in total. The maximum absolute atomic E-state index is 13.5. The molecule has 0 aliphatic carbocycles. The summed E-state index contributed by atoms with van der Waals surface area (Å²) in [5.74, 6) is 5.27. The fourth-order valence-corrected chi connectivity index (χ4v) is 1.75. The first kappa shape index (κ1) is 11.8. The van der Waals surface area contributed by atoms with E-state index in [0.29, 0.717) is 12.0 Å². The maximum Gasteiger partial charge on any atom is 0.126 e. The molecular weight excluding hydrogens is 219 g/mol. The minimum atomic E-state index is -0.219. The number of nitrogens with two attached hydrogens (primary N) is 1. The number of hydrogen-bond donors (Lipinski definition) is 2. The lowest BCUT2D eigenvalue weighted by molar-refractivity contribution is 0.512. The Labute approximate surface area is 99.2 Å². The Morgan fingerprint density at radius 1 is 1.41 bits per heavy atom.